The lowest BCUT2D eigenvalue weighted by Gasteiger charge is -2.37. The number of hydrogen-bond acceptors (Lipinski definition) is 4. The van der Waals surface area contributed by atoms with Crippen LogP contribution < -0.4 is 4.90 Å². The van der Waals surface area contributed by atoms with Crippen LogP contribution in [0.2, 0.25) is 5.15 Å². The predicted molar refractivity (Wildman–Crippen MR) is 59.1 cm³/mol. The average molecular weight is 228 g/mol. The molecule has 0 spiro atoms. The maximum atomic E-state index is 9.96. The van der Waals surface area contributed by atoms with Crippen LogP contribution in [0.4, 0.5) is 5.82 Å². The van der Waals surface area contributed by atoms with E-state index in [9.17, 15) is 5.11 Å². The Hall–Kier alpha value is -0.870. The number of aliphatic hydroxyl groups is 1. The van der Waals surface area contributed by atoms with Gasteiger partial charge in [-0.25, -0.2) is 9.97 Å². The lowest BCUT2D eigenvalue weighted by molar-refractivity contribution is 0.0447. The minimum atomic E-state index is -0.629. The molecule has 1 unspecified atom stereocenters. The van der Waals surface area contributed by atoms with Crippen molar-refractivity contribution < 1.29 is 5.11 Å². The van der Waals surface area contributed by atoms with Gasteiger partial charge in [-0.3, -0.25) is 0 Å². The van der Waals surface area contributed by atoms with Crippen molar-refractivity contribution in [2.75, 3.05) is 18.0 Å². The fourth-order valence-corrected chi connectivity index (χ4v) is 2.05. The monoisotopic (exact) mass is 227 g/mol. The highest BCUT2D eigenvalue weighted by atomic mass is 35.5. The van der Waals surface area contributed by atoms with Gasteiger partial charge in [0.15, 0.2) is 0 Å². The molecule has 1 aliphatic heterocycles. The SMILES string of the molecule is CC1(O)CCCN(c2cc(Cl)ncn2)C1. The maximum Gasteiger partial charge on any atom is 0.134 e. The van der Waals surface area contributed by atoms with E-state index < -0.39 is 5.60 Å². The third-order valence-corrected chi connectivity index (χ3v) is 2.82. The van der Waals surface area contributed by atoms with Gasteiger partial charge in [0, 0.05) is 19.2 Å². The summed E-state index contributed by atoms with van der Waals surface area (Å²) in [6, 6.07) is 1.73. The smallest absolute Gasteiger partial charge is 0.134 e. The first kappa shape index (κ1) is 10.6. The molecule has 15 heavy (non-hydrogen) atoms. The van der Waals surface area contributed by atoms with Crippen LogP contribution in [-0.4, -0.2) is 33.8 Å². The molecule has 0 aliphatic carbocycles. The van der Waals surface area contributed by atoms with Crippen LogP contribution in [0.5, 0.6) is 0 Å². The fraction of sp³-hybridized carbons (Fsp3) is 0.600. The summed E-state index contributed by atoms with van der Waals surface area (Å²) in [5.41, 5.74) is -0.629. The molecule has 1 aliphatic rings. The Labute approximate surface area is 93.9 Å². The Balaban J connectivity index is 2.17. The van der Waals surface area contributed by atoms with Crippen molar-refractivity contribution in [3.05, 3.63) is 17.5 Å². The molecular formula is C10H14ClN3O. The first-order valence-electron chi connectivity index (χ1n) is 5.02. The van der Waals surface area contributed by atoms with Crippen LogP contribution in [0.25, 0.3) is 0 Å². The van der Waals surface area contributed by atoms with Gasteiger partial charge in [-0.2, -0.15) is 0 Å². The second-order valence-corrected chi connectivity index (χ2v) is 4.61. The van der Waals surface area contributed by atoms with E-state index in [0.717, 1.165) is 25.2 Å². The summed E-state index contributed by atoms with van der Waals surface area (Å²) in [4.78, 5) is 10.0. The van der Waals surface area contributed by atoms with Gasteiger partial charge in [-0.1, -0.05) is 11.6 Å². The quantitative estimate of drug-likeness (QED) is 0.739. The Morgan fingerprint density at radius 1 is 1.53 bits per heavy atom. The third-order valence-electron chi connectivity index (χ3n) is 2.62. The third kappa shape index (κ3) is 2.58. The molecule has 5 heteroatoms. The van der Waals surface area contributed by atoms with E-state index in [1.807, 2.05) is 11.8 Å². The molecule has 1 aromatic rings. The molecule has 2 rings (SSSR count). The average Bonchev–Trinajstić information content (AvgIpc) is 2.16. The molecule has 4 nitrogen and oxygen atoms in total. The van der Waals surface area contributed by atoms with Crippen LogP contribution in [0.1, 0.15) is 19.8 Å². The highest BCUT2D eigenvalue weighted by molar-refractivity contribution is 6.29. The van der Waals surface area contributed by atoms with E-state index >= 15 is 0 Å². The van der Waals surface area contributed by atoms with Gasteiger partial charge in [-0.05, 0) is 19.8 Å². The molecule has 2 heterocycles. The lowest BCUT2D eigenvalue weighted by atomic mass is 9.95. The number of nitrogens with zero attached hydrogens (tertiary/aromatic N) is 3. The van der Waals surface area contributed by atoms with E-state index in [2.05, 4.69) is 9.97 Å². The molecule has 0 saturated carbocycles. The zero-order valence-electron chi connectivity index (χ0n) is 8.65. The van der Waals surface area contributed by atoms with E-state index in [1.54, 1.807) is 6.07 Å². The Kier molecular flexibility index (Phi) is 2.80. The molecule has 1 saturated heterocycles. The second-order valence-electron chi connectivity index (χ2n) is 4.22. The topological polar surface area (TPSA) is 49.2 Å². The minimum absolute atomic E-state index is 0.435. The molecule has 0 amide bonds. The van der Waals surface area contributed by atoms with Gasteiger partial charge in [-0.15, -0.1) is 0 Å². The van der Waals surface area contributed by atoms with Crippen LogP contribution in [0.15, 0.2) is 12.4 Å². The summed E-state index contributed by atoms with van der Waals surface area (Å²) in [7, 11) is 0. The van der Waals surface area contributed by atoms with Crippen molar-refractivity contribution in [1.82, 2.24) is 9.97 Å². The Morgan fingerprint density at radius 3 is 3.00 bits per heavy atom. The number of anilines is 1. The van der Waals surface area contributed by atoms with Crippen molar-refractivity contribution in [3.63, 3.8) is 0 Å². The van der Waals surface area contributed by atoms with Gasteiger partial charge in [0.2, 0.25) is 0 Å². The summed E-state index contributed by atoms with van der Waals surface area (Å²) in [5.74, 6) is 0.787. The van der Waals surface area contributed by atoms with Crippen LogP contribution in [-0.2, 0) is 0 Å². The van der Waals surface area contributed by atoms with Crippen LogP contribution >= 0.6 is 11.6 Å². The number of piperidine rings is 1. The molecule has 0 radical (unpaired) electrons. The first-order valence-corrected chi connectivity index (χ1v) is 5.39. The summed E-state index contributed by atoms with van der Waals surface area (Å²) in [6.45, 7) is 3.35. The molecule has 1 atom stereocenters. The molecule has 1 N–H and O–H groups in total. The predicted octanol–water partition coefficient (Wildman–Crippen LogP) is 1.48. The molecular weight excluding hydrogens is 214 g/mol. The highest BCUT2D eigenvalue weighted by Crippen LogP contribution is 2.24. The second kappa shape index (κ2) is 3.94. The standard InChI is InChI=1S/C10H14ClN3O/c1-10(15)3-2-4-14(6-10)9-5-8(11)12-7-13-9/h5,7,15H,2-4,6H2,1H3. The van der Waals surface area contributed by atoms with Crippen LogP contribution in [0, 0.1) is 0 Å². The van der Waals surface area contributed by atoms with E-state index in [4.69, 9.17) is 11.6 Å². The number of rotatable bonds is 1. The summed E-state index contributed by atoms with van der Waals surface area (Å²) in [5, 5.41) is 10.4. The summed E-state index contributed by atoms with van der Waals surface area (Å²) >= 11 is 5.79. The van der Waals surface area contributed by atoms with Gasteiger partial charge in [0.1, 0.15) is 17.3 Å². The van der Waals surface area contributed by atoms with E-state index in [0.29, 0.717) is 11.7 Å². The van der Waals surface area contributed by atoms with Crippen molar-refractivity contribution in [2.45, 2.75) is 25.4 Å². The summed E-state index contributed by atoms with van der Waals surface area (Å²) in [6.07, 6.45) is 3.25. The number of halogens is 1. The lowest BCUT2D eigenvalue weighted by Crippen LogP contribution is -2.46. The Bertz CT molecular complexity index is 356. The normalized spacial score (nSPS) is 26.7. The molecule has 1 aromatic heterocycles. The number of hydrogen-bond donors (Lipinski definition) is 1. The molecule has 82 valence electrons. The van der Waals surface area contributed by atoms with Crippen molar-refractivity contribution in [3.8, 4) is 0 Å². The van der Waals surface area contributed by atoms with Gasteiger partial charge in [0.05, 0.1) is 5.60 Å². The zero-order chi connectivity index (χ0) is 10.9. The fourth-order valence-electron chi connectivity index (χ4n) is 1.91. The highest BCUT2D eigenvalue weighted by Gasteiger charge is 2.28. The first-order chi connectivity index (χ1) is 7.07. The molecule has 0 aromatic carbocycles. The number of β-amino-alcohol motifs (C(OH)–C–C–N with tert-alkyl or cyclic N) is 1. The molecule has 1 fully saturated rings. The van der Waals surface area contributed by atoms with E-state index in [1.165, 1.54) is 6.33 Å². The van der Waals surface area contributed by atoms with Gasteiger partial charge >= 0.3 is 0 Å². The maximum absolute atomic E-state index is 9.96. The Morgan fingerprint density at radius 2 is 2.33 bits per heavy atom. The number of aromatic nitrogens is 2. The summed E-state index contributed by atoms with van der Waals surface area (Å²) < 4.78 is 0. The van der Waals surface area contributed by atoms with Crippen molar-refractivity contribution in [1.29, 1.82) is 0 Å². The van der Waals surface area contributed by atoms with E-state index in [-0.39, 0.29) is 0 Å². The largest absolute Gasteiger partial charge is 0.388 e. The minimum Gasteiger partial charge on any atom is -0.388 e. The molecule has 0 bridgehead atoms. The van der Waals surface area contributed by atoms with Crippen LogP contribution in [0.3, 0.4) is 0 Å². The van der Waals surface area contributed by atoms with Crippen molar-refractivity contribution >= 4 is 17.4 Å². The van der Waals surface area contributed by atoms with Gasteiger partial charge in [0.25, 0.3) is 0 Å². The van der Waals surface area contributed by atoms with Crippen molar-refractivity contribution in [2.24, 2.45) is 0 Å². The zero-order valence-corrected chi connectivity index (χ0v) is 9.41. The van der Waals surface area contributed by atoms with Gasteiger partial charge < -0.3 is 10.0 Å².